The van der Waals surface area contributed by atoms with E-state index in [0.717, 1.165) is 45.8 Å². The van der Waals surface area contributed by atoms with Crippen LogP contribution >= 0.6 is 11.3 Å². The summed E-state index contributed by atoms with van der Waals surface area (Å²) >= 11 is 1.51. The first kappa shape index (κ1) is 22.0. The minimum Gasteiger partial charge on any atom is -0.444 e. The SMILES string of the molecule is [C-]#[N+]c1cc(-c2ncc(-c3cccc4c3CCC[C@H]4NC(=O)OC(C)(C)C)s2)ccc1F. The summed E-state index contributed by atoms with van der Waals surface area (Å²) in [6.07, 6.45) is 4.15. The van der Waals surface area contributed by atoms with Gasteiger partial charge in [-0.2, -0.15) is 0 Å². The Hall–Kier alpha value is -3.24. The van der Waals surface area contributed by atoms with Gasteiger partial charge in [0.05, 0.1) is 17.5 Å². The fourth-order valence-electron chi connectivity index (χ4n) is 3.94. The molecular formula is C25H24FN3O2S. The van der Waals surface area contributed by atoms with Crippen LogP contribution in [0.2, 0.25) is 0 Å². The predicted molar refractivity (Wildman–Crippen MR) is 124 cm³/mol. The quantitative estimate of drug-likeness (QED) is 0.435. The highest BCUT2D eigenvalue weighted by Crippen LogP contribution is 2.40. The summed E-state index contributed by atoms with van der Waals surface area (Å²) in [5.74, 6) is -0.527. The van der Waals surface area contributed by atoms with Gasteiger partial charge in [0.2, 0.25) is 5.69 Å². The molecule has 0 spiro atoms. The van der Waals surface area contributed by atoms with E-state index >= 15 is 0 Å². The first-order valence-corrected chi connectivity index (χ1v) is 11.3. The van der Waals surface area contributed by atoms with Crippen molar-refractivity contribution in [1.29, 1.82) is 0 Å². The summed E-state index contributed by atoms with van der Waals surface area (Å²) in [7, 11) is 0. The molecule has 0 bridgehead atoms. The molecule has 3 aromatic rings. The van der Waals surface area contributed by atoms with Gasteiger partial charge in [-0.05, 0) is 68.9 Å². The van der Waals surface area contributed by atoms with E-state index in [1.165, 1.54) is 29.0 Å². The van der Waals surface area contributed by atoms with E-state index in [4.69, 9.17) is 11.3 Å². The van der Waals surface area contributed by atoms with Crippen molar-refractivity contribution < 1.29 is 13.9 Å². The molecule has 5 nitrogen and oxygen atoms in total. The fraction of sp³-hybridized carbons (Fsp3) is 0.320. The highest BCUT2D eigenvalue weighted by Gasteiger charge is 2.26. The lowest BCUT2D eigenvalue weighted by molar-refractivity contribution is 0.0498. The van der Waals surface area contributed by atoms with Crippen molar-refractivity contribution >= 4 is 23.1 Å². The summed E-state index contributed by atoms with van der Waals surface area (Å²) in [6, 6.07) is 10.5. The number of carbonyl (C=O) groups is 1. The third-order valence-corrected chi connectivity index (χ3v) is 6.36. The van der Waals surface area contributed by atoms with Gasteiger partial charge >= 0.3 is 6.09 Å². The van der Waals surface area contributed by atoms with Crippen LogP contribution in [0.1, 0.15) is 50.8 Å². The molecule has 7 heteroatoms. The first-order chi connectivity index (χ1) is 15.2. The van der Waals surface area contributed by atoms with E-state index in [0.29, 0.717) is 0 Å². The topological polar surface area (TPSA) is 55.6 Å². The van der Waals surface area contributed by atoms with Gasteiger partial charge in [0, 0.05) is 11.8 Å². The van der Waals surface area contributed by atoms with Crippen LogP contribution in [0, 0.1) is 12.4 Å². The number of ether oxygens (including phenoxy) is 1. The zero-order valence-corrected chi connectivity index (χ0v) is 19.1. The molecule has 0 fully saturated rings. The zero-order valence-electron chi connectivity index (χ0n) is 18.2. The molecule has 1 aliphatic carbocycles. The number of alkyl carbamates (subject to hydrolysis) is 1. The highest BCUT2D eigenvalue weighted by atomic mass is 32.1. The van der Waals surface area contributed by atoms with Crippen molar-refractivity contribution in [3.63, 3.8) is 0 Å². The predicted octanol–water partition coefficient (Wildman–Crippen LogP) is 7.07. The lowest BCUT2D eigenvalue weighted by Crippen LogP contribution is -2.36. The van der Waals surface area contributed by atoms with Crippen LogP contribution in [0.4, 0.5) is 14.9 Å². The Balaban J connectivity index is 1.63. The maximum Gasteiger partial charge on any atom is 0.408 e. The molecule has 0 saturated carbocycles. The van der Waals surface area contributed by atoms with Crippen molar-refractivity contribution in [2.75, 3.05) is 0 Å². The molecule has 0 aliphatic heterocycles. The van der Waals surface area contributed by atoms with E-state index in [9.17, 15) is 9.18 Å². The van der Waals surface area contributed by atoms with Crippen molar-refractivity contribution in [2.45, 2.75) is 51.7 Å². The van der Waals surface area contributed by atoms with Crippen molar-refractivity contribution in [2.24, 2.45) is 0 Å². The molecule has 4 rings (SSSR count). The number of fused-ring (bicyclic) bond motifs is 1. The molecule has 1 atom stereocenters. The summed E-state index contributed by atoms with van der Waals surface area (Å²) < 4.78 is 19.1. The average molecular weight is 450 g/mol. The molecule has 1 N–H and O–H groups in total. The van der Waals surface area contributed by atoms with Gasteiger partial charge in [-0.25, -0.2) is 19.0 Å². The molecule has 0 radical (unpaired) electrons. The number of amides is 1. The number of benzene rings is 2. The first-order valence-electron chi connectivity index (χ1n) is 10.5. The van der Waals surface area contributed by atoms with Gasteiger partial charge in [-0.1, -0.05) is 24.3 Å². The molecular weight excluding hydrogens is 425 g/mol. The summed E-state index contributed by atoms with van der Waals surface area (Å²) in [5, 5.41) is 3.76. The largest absolute Gasteiger partial charge is 0.444 e. The third-order valence-electron chi connectivity index (χ3n) is 5.28. The minimum absolute atomic E-state index is 0.00704. The molecule has 32 heavy (non-hydrogen) atoms. The molecule has 1 heterocycles. The van der Waals surface area contributed by atoms with Crippen LogP contribution in [-0.2, 0) is 11.2 Å². The maximum atomic E-state index is 13.7. The van der Waals surface area contributed by atoms with Crippen LogP contribution < -0.4 is 5.32 Å². The Labute approximate surface area is 191 Å². The molecule has 1 amide bonds. The summed E-state index contributed by atoms with van der Waals surface area (Å²) in [6.45, 7) is 12.7. The second kappa shape index (κ2) is 8.71. The Morgan fingerprint density at radius 1 is 1.31 bits per heavy atom. The molecule has 164 valence electrons. The number of hydrogen-bond acceptors (Lipinski definition) is 4. The Morgan fingerprint density at radius 2 is 2.12 bits per heavy atom. The average Bonchev–Trinajstić information content (AvgIpc) is 3.22. The second-order valence-electron chi connectivity index (χ2n) is 8.77. The number of nitrogens with one attached hydrogen (secondary N) is 1. The summed E-state index contributed by atoms with van der Waals surface area (Å²) in [4.78, 5) is 21.1. The van der Waals surface area contributed by atoms with Gasteiger partial charge < -0.3 is 10.1 Å². The second-order valence-corrected chi connectivity index (χ2v) is 9.80. The van der Waals surface area contributed by atoms with Crippen LogP contribution in [-0.4, -0.2) is 16.7 Å². The smallest absolute Gasteiger partial charge is 0.408 e. The van der Waals surface area contributed by atoms with Crippen LogP contribution in [0.25, 0.3) is 25.9 Å². The van der Waals surface area contributed by atoms with Gasteiger partial charge in [0.25, 0.3) is 0 Å². The van der Waals surface area contributed by atoms with Gasteiger partial charge in [-0.3, -0.25) is 0 Å². The molecule has 0 saturated heterocycles. The standard InChI is InChI=1S/C25H24FN3O2S/c1-25(2,3)31-24(30)29-20-10-6-7-16-17(20)8-5-9-18(16)22-14-28-23(32-22)15-11-12-19(26)21(13-15)27-4/h5,8-9,11-14,20H,6-7,10H2,1-3H3,(H,29,30)/t20-/m1/s1. The Morgan fingerprint density at radius 3 is 2.88 bits per heavy atom. The molecule has 0 unspecified atom stereocenters. The Kier molecular flexibility index (Phi) is 5.98. The monoisotopic (exact) mass is 449 g/mol. The molecule has 1 aromatic heterocycles. The van der Waals surface area contributed by atoms with Crippen molar-refractivity contribution in [1.82, 2.24) is 10.3 Å². The molecule has 1 aliphatic rings. The number of carbonyl (C=O) groups excluding carboxylic acids is 1. The van der Waals surface area contributed by atoms with Crippen LogP contribution in [0.5, 0.6) is 0 Å². The lowest BCUT2D eigenvalue weighted by Gasteiger charge is -2.29. The van der Waals surface area contributed by atoms with E-state index in [2.05, 4.69) is 27.3 Å². The maximum absolute atomic E-state index is 13.7. The van der Waals surface area contributed by atoms with Crippen molar-refractivity contribution in [3.8, 4) is 21.0 Å². The normalized spacial score (nSPS) is 15.5. The van der Waals surface area contributed by atoms with Gasteiger partial charge in [-0.15, -0.1) is 11.3 Å². The number of rotatable bonds is 3. The number of nitrogens with zero attached hydrogens (tertiary/aromatic N) is 2. The van der Waals surface area contributed by atoms with Gasteiger partial charge in [0.15, 0.2) is 0 Å². The fourth-order valence-corrected chi connectivity index (χ4v) is 4.91. The Bertz CT molecular complexity index is 1210. The van der Waals surface area contributed by atoms with E-state index in [-0.39, 0.29) is 11.7 Å². The highest BCUT2D eigenvalue weighted by molar-refractivity contribution is 7.18. The zero-order chi connectivity index (χ0) is 22.9. The number of thiazole rings is 1. The van der Waals surface area contributed by atoms with E-state index in [1.54, 1.807) is 6.07 Å². The minimum atomic E-state index is -0.546. The third kappa shape index (κ3) is 4.66. The number of aromatic nitrogens is 1. The van der Waals surface area contributed by atoms with Crippen LogP contribution in [0.15, 0.2) is 42.6 Å². The summed E-state index contributed by atoms with van der Waals surface area (Å²) in [5.41, 5.74) is 3.57. The lowest BCUT2D eigenvalue weighted by atomic mass is 9.84. The van der Waals surface area contributed by atoms with E-state index < -0.39 is 17.5 Å². The molecule has 2 aromatic carbocycles. The van der Waals surface area contributed by atoms with Gasteiger partial charge in [0.1, 0.15) is 16.4 Å². The number of halogens is 1. The number of hydrogen-bond donors (Lipinski definition) is 1. The van der Waals surface area contributed by atoms with Crippen LogP contribution in [0.3, 0.4) is 0 Å². The van der Waals surface area contributed by atoms with E-state index in [1.807, 2.05) is 33.0 Å². The van der Waals surface area contributed by atoms with Crippen molar-refractivity contribution in [3.05, 3.63) is 71.0 Å².